The number of ether oxygens (including phenoxy) is 3. The van der Waals surface area contributed by atoms with Gasteiger partial charge in [-0.25, -0.2) is 0 Å². The van der Waals surface area contributed by atoms with Crippen molar-refractivity contribution in [3.63, 3.8) is 0 Å². The van der Waals surface area contributed by atoms with Crippen LogP contribution in [0, 0.1) is 11.8 Å². The van der Waals surface area contributed by atoms with E-state index in [1.807, 2.05) is 0 Å². The highest BCUT2D eigenvalue weighted by molar-refractivity contribution is 5.70. The molecule has 0 amide bonds. The first-order valence-corrected chi connectivity index (χ1v) is 48.2. The molecule has 0 rings (SSSR count). The van der Waals surface area contributed by atoms with Crippen LogP contribution in [0.15, 0.2) is 140 Å². The second kappa shape index (κ2) is 76.9. The molecule has 0 aliphatic heterocycles. The van der Waals surface area contributed by atoms with Crippen LogP contribution in [0.3, 0.4) is 0 Å². The third kappa shape index (κ3) is 74.8. The first kappa shape index (κ1) is 109. The SMILES string of the molecule is CCCCCCCCCCCCCCCC(=O)OC(CCCCCCCCCCCCCCC(=O)OC(CCCCCCCCCCCCCCC(=O)OC(C=C(C)CCC=C(C)C)CC=C(C)CCC=C(C)C)C(C=C(C)CCC=C(C)C)CC=C(C)CCC=C(C)C)C(C=C(C)CCC=C(C)C)CC=C(C)CCC=C(C)C. The van der Waals surface area contributed by atoms with E-state index in [-0.39, 0.29) is 48.1 Å². The highest BCUT2D eigenvalue weighted by Gasteiger charge is 2.26. The Bertz CT molecular complexity index is 2780. The summed E-state index contributed by atoms with van der Waals surface area (Å²) in [4.78, 5) is 40.8. The summed E-state index contributed by atoms with van der Waals surface area (Å²) in [6.45, 7) is 41.9. The Balaban J connectivity index is 5.54. The summed E-state index contributed by atoms with van der Waals surface area (Å²) in [5.74, 6) is 0.283. The first-order chi connectivity index (χ1) is 54.8. The lowest BCUT2D eigenvalue weighted by Crippen LogP contribution is -2.26. The maximum Gasteiger partial charge on any atom is 0.306 e. The first-order valence-electron chi connectivity index (χ1n) is 48.2. The van der Waals surface area contributed by atoms with E-state index in [0.717, 1.165) is 161 Å². The van der Waals surface area contributed by atoms with E-state index in [0.29, 0.717) is 19.3 Å². The van der Waals surface area contributed by atoms with Crippen molar-refractivity contribution >= 4 is 17.9 Å². The molecule has 0 heterocycles. The van der Waals surface area contributed by atoms with Gasteiger partial charge in [-0.05, 0) is 266 Å². The van der Waals surface area contributed by atoms with Gasteiger partial charge in [0.2, 0.25) is 0 Å². The number of rotatable bonds is 76. The van der Waals surface area contributed by atoms with Crippen LogP contribution in [0.1, 0.15) is 498 Å². The molecule has 6 nitrogen and oxygen atoms in total. The van der Waals surface area contributed by atoms with Crippen LogP contribution < -0.4 is 0 Å². The maximum atomic E-state index is 13.9. The van der Waals surface area contributed by atoms with Gasteiger partial charge in [-0.15, -0.1) is 0 Å². The molecule has 0 saturated heterocycles. The van der Waals surface area contributed by atoms with Crippen LogP contribution in [0.5, 0.6) is 0 Å². The Morgan fingerprint density at radius 1 is 0.219 bits per heavy atom. The molecule has 0 aliphatic carbocycles. The third-order valence-corrected chi connectivity index (χ3v) is 22.7. The quantitative estimate of drug-likeness (QED) is 0.0261. The van der Waals surface area contributed by atoms with Crippen molar-refractivity contribution in [1.82, 2.24) is 0 Å². The molecule has 0 aromatic carbocycles. The molecule has 0 aromatic heterocycles. The number of carbonyl (C=O) groups is 3. The van der Waals surface area contributed by atoms with Gasteiger partial charge in [0, 0.05) is 37.5 Å². The van der Waals surface area contributed by atoms with E-state index < -0.39 is 0 Å². The molecule has 0 radical (unpaired) electrons. The van der Waals surface area contributed by atoms with Crippen LogP contribution in [0.25, 0.3) is 0 Å². The summed E-state index contributed by atoms with van der Waals surface area (Å²) >= 11 is 0. The van der Waals surface area contributed by atoms with E-state index in [1.165, 1.54) is 253 Å². The predicted molar refractivity (Wildman–Crippen MR) is 505 cm³/mol. The highest BCUT2D eigenvalue weighted by atomic mass is 16.6. The van der Waals surface area contributed by atoms with Gasteiger partial charge in [0.15, 0.2) is 0 Å². The molecule has 656 valence electrons. The Morgan fingerprint density at radius 3 is 0.684 bits per heavy atom. The summed E-state index contributed by atoms with van der Waals surface area (Å²) < 4.78 is 19.4. The molecule has 5 atom stereocenters. The summed E-state index contributed by atoms with van der Waals surface area (Å²) in [7, 11) is 0. The predicted octanol–water partition coefficient (Wildman–Crippen LogP) is 35.7. The Hall–Kier alpha value is -4.71. The van der Waals surface area contributed by atoms with Crippen molar-refractivity contribution in [3.05, 3.63) is 140 Å². The van der Waals surface area contributed by atoms with Gasteiger partial charge in [-0.3, -0.25) is 14.4 Å². The average molecular weight is 1580 g/mol. The van der Waals surface area contributed by atoms with Crippen molar-refractivity contribution in [2.45, 2.75) is 516 Å². The normalized spacial score (nSPS) is 13.7. The Labute approximate surface area is 709 Å². The highest BCUT2D eigenvalue weighted by Crippen LogP contribution is 2.30. The van der Waals surface area contributed by atoms with E-state index in [1.54, 1.807) is 0 Å². The van der Waals surface area contributed by atoms with Crippen molar-refractivity contribution in [1.29, 1.82) is 0 Å². The molecule has 0 fully saturated rings. The van der Waals surface area contributed by atoms with Gasteiger partial charge in [0.1, 0.15) is 18.3 Å². The van der Waals surface area contributed by atoms with Gasteiger partial charge >= 0.3 is 17.9 Å². The Kier molecular flexibility index (Phi) is 73.8. The molecule has 6 heteroatoms. The fraction of sp³-hybridized carbons (Fsp3) is 0.750. The molecule has 0 aromatic rings. The van der Waals surface area contributed by atoms with Gasteiger partial charge < -0.3 is 14.2 Å². The van der Waals surface area contributed by atoms with Gasteiger partial charge in [-0.2, -0.15) is 0 Å². The van der Waals surface area contributed by atoms with Gasteiger partial charge in [0.25, 0.3) is 0 Å². The molecule has 0 aliphatic rings. The van der Waals surface area contributed by atoms with Gasteiger partial charge in [0.05, 0.1) is 0 Å². The van der Waals surface area contributed by atoms with Crippen molar-refractivity contribution in [2.24, 2.45) is 11.8 Å². The minimum Gasteiger partial charge on any atom is -0.462 e. The smallest absolute Gasteiger partial charge is 0.306 e. The van der Waals surface area contributed by atoms with E-state index in [9.17, 15) is 14.4 Å². The number of esters is 3. The number of allylic oxidation sites excluding steroid dienone is 20. The second-order valence-electron chi connectivity index (χ2n) is 36.8. The zero-order valence-corrected chi connectivity index (χ0v) is 79.1. The van der Waals surface area contributed by atoms with E-state index in [4.69, 9.17) is 14.2 Å². The minimum atomic E-state index is -0.207. The standard InChI is InChI=1S/C108H188O6/c1-20-21-22-23-24-25-26-27-34-40-45-50-55-78-107(110)113-104(101(86-98(17)72-60-66-92(8)9)83-80-95(14)69-57-63-89(2)3)76-53-48-43-38-33-29-31-36-41-46-51-56-79-108(111)114-105(102(87-99(18)73-61-67-93(10)11)84-81-96(15)70-58-64-90(4)5)75-52-47-42-37-32-28-30-35-39-44-49-54-77-106(109)112-103(88-100(19)74-62-68-94(12)13)85-82-97(16)71-59-65-91(6)7/h63-68,80-82,86-88,101-105H,20-62,69-79,83-85H2,1-19H3. The van der Waals surface area contributed by atoms with E-state index in [2.05, 4.69) is 204 Å². The van der Waals surface area contributed by atoms with Crippen molar-refractivity contribution in [3.8, 4) is 0 Å². The fourth-order valence-electron chi connectivity index (χ4n) is 15.4. The molecular formula is C108H188O6. The van der Waals surface area contributed by atoms with Crippen LogP contribution in [-0.2, 0) is 28.6 Å². The maximum absolute atomic E-state index is 13.9. The third-order valence-electron chi connectivity index (χ3n) is 22.7. The molecule has 0 bridgehead atoms. The van der Waals surface area contributed by atoms with Crippen LogP contribution in [0.2, 0.25) is 0 Å². The summed E-state index contributed by atoms with van der Waals surface area (Å²) in [5, 5.41) is 0. The fourth-order valence-corrected chi connectivity index (χ4v) is 15.4. The lowest BCUT2D eigenvalue weighted by molar-refractivity contribution is -0.152. The summed E-state index contributed by atoms with van der Waals surface area (Å²) in [5.41, 5.74) is 16.5. The second-order valence-corrected chi connectivity index (χ2v) is 36.8. The number of hydrogen-bond acceptors (Lipinski definition) is 6. The average Bonchev–Trinajstić information content (AvgIpc) is 0.893. The lowest BCUT2D eigenvalue weighted by Gasteiger charge is -2.26. The van der Waals surface area contributed by atoms with Crippen LogP contribution in [0.4, 0.5) is 0 Å². The van der Waals surface area contributed by atoms with Gasteiger partial charge in [-0.1, -0.05) is 346 Å². The Morgan fingerprint density at radius 2 is 0.430 bits per heavy atom. The summed E-state index contributed by atoms with van der Waals surface area (Å²) in [6.07, 6.45) is 91.8. The molecular weight excluding hydrogens is 1390 g/mol. The minimum absolute atomic E-state index is 0.00598. The van der Waals surface area contributed by atoms with Crippen LogP contribution in [-0.4, -0.2) is 36.2 Å². The largest absolute Gasteiger partial charge is 0.462 e. The molecule has 0 saturated carbocycles. The van der Waals surface area contributed by atoms with Crippen molar-refractivity contribution < 1.29 is 28.6 Å². The molecule has 0 spiro atoms. The summed E-state index contributed by atoms with van der Waals surface area (Å²) in [6, 6.07) is 0. The van der Waals surface area contributed by atoms with E-state index >= 15 is 0 Å². The van der Waals surface area contributed by atoms with Crippen molar-refractivity contribution in [2.75, 3.05) is 0 Å². The van der Waals surface area contributed by atoms with Crippen LogP contribution >= 0.6 is 0 Å². The number of carbonyl (C=O) groups excluding carboxylic acids is 3. The molecule has 114 heavy (non-hydrogen) atoms. The molecule has 0 N–H and O–H groups in total. The monoisotopic (exact) mass is 1580 g/mol. The number of unbranched alkanes of at least 4 members (excludes halogenated alkanes) is 34. The zero-order valence-electron chi connectivity index (χ0n) is 79.1. The topological polar surface area (TPSA) is 78.9 Å². The zero-order chi connectivity index (χ0) is 84.5. The number of hydrogen-bond donors (Lipinski definition) is 0. The molecule has 5 unspecified atom stereocenters. The lowest BCUT2D eigenvalue weighted by atomic mass is 9.89.